The Kier molecular flexibility index (Phi) is 3.14. The molecule has 0 bridgehead atoms. The van der Waals surface area contributed by atoms with E-state index in [9.17, 15) is 14.5 Å². The van der Waals surface area contributed by atoms with E-state index in [1.165, 1.54) is 12.1 Å². The third-order valence-corrected chi connectivity index (χ3v) is 1.71. The average Bonchev–Trinajstić information content (AvgIpc) is 2.01. The summed E-state index contributed by atoms with van der Waals surface area (Å²) in [7, 11) is 3.69. The second-order valence-corrected chi connectivity index (χ2v) is 3.28. The SMILES string of the molecule is CN(C)Cc1ccc([N+](=O)[O-])c(F)c1. The van der Waals surface area contributed by atoms with Crippen molar-refractivity contribution in [3.05, 3.63) is 39.7 Å². The number of hydrogen-bond donors (Lipinski definition) is 0. The second-order valence-electron chi connectivity index (χ2n) is 3.28. The number of nitrogens with zero attached hydrogens (tertiary/aromatic N) is 2. The van der Waals surface area contributed by atoms with E-state index in [2.05, 4.69) is 0 Å². The van der Waals surface area contributed by atoms with E-state index in [-0.39, 0.29) is 0 Å². The first-order valence-electron chi connectivity index (χ1n) is 4.08. The molecule has 4 nitrogen and oxygen atoms in total. The molecule has 14 heavy (non-hydrogen) atoms. The van der Waals surface area contributed by atoms with Gasteiger partial charge in [0.05, 0.1) is 4.92 Å². The number of nitro benzene ring substituents is 1. The van der Waals surface area contributed by atoms with Crippen LogP contribution in [0.2, 0.25) is 0 Å². The van der Waals surface area contributed by atoms with E-state index >= 15 is 0 Å². The molecule has 0 saturated heterocycles. The minimum absolute atomic E-state index is 0.479. The molecule has 76 valence electrons. The summed E-state index contributed by atoms with van der Waals surface area (Å²) in [5, 5.41) is 10.3. The summed E-state index contributed by atoms with van der Waals surface area (Å²) < 4.78 is 13.1. The number of benzene rings is 1. The van der Waals surface area contributed by atoms with Gasteiger partial charge in [-0.2, -0.15) is 4.39 Å². The van der Waals surface area contributed by atoms with Crippen molar-refractivity contribution in [2.75, 3.05) is 14.1 Å². The van der Waals surface area contributed by atoms with Gasteiger partial charge in [0.1, 0.15) is 0 Å². The number of hydrogen-bond acceptors (Lipinski definition) is 3. The zero-order chi connectivity index (χ0) is 10.7. The van der Waals surface area contributed by atoms with Gasteiger partial charge in [-0.1, -0.05) is 6.07 Å². The molecule has 0 N–H and O–H groups in total. The predicted molar refractivity (Wildman–Crippen MR) is 50.4 cm³/mol. The highest BCUT2D eigenvalue weighted by Gasteiger charge is 2.13. The first-order chi connectivity index (χ1) is 6.50. The highest BCUT2D eigenvalue weighted by molar-refractivity contribution is 5.34. The quantitative estimate of drug-likeness (QED) is 0.549. The van der Waals surface area contributed by atoms with Crippen LogP contribution in [0.3, 0.4) is 0 Å². The molecule has 1 rings (SSSR count). The van der Waals surface area contributed by atoms with Crippen molar-refractivity contribution in [2.45, 2.75) is 6.54 Å². The minimum Gasteiger partial charge on any atom is -0.305 e. The third-order valence-electron chi connectivity index (χ3n) is 1.71. The summed E-state index contributed by atoms with van der Waals surface area (Å²) in [5.41, 5.74) is 0.241. The first-order valence-corrected chi connectivity index (χ1v) is 4.08. The van der Waals surface area contributed by atoms with Crippen LogP contribution in [0, 0.1) is 15.9 Å². The van der Waals surface area contributed by atoms with Crippen LogP contribution < -0.4 is 0 Å². The molecule has 0 saturated carbocycles. The van der Waals surface area contributed by atoms with Gasteiger partial charge in [-0.3, -0.25) is 10.1 Å². The Hall–Kier alpha value is -1.49. The van der Waals surface area contributed by atoms with E-state index in [4.69, 9.17) is 0 Å². The third kappa shape index (κ3) is 2.50. The van der Waals surface area contributed by atoms with Crippen molar-refractivity contribution in [1.29, 1.82) is 0 Å². The van der Waals surface area contributed by atoms with Gasteiger partial charge in [0.25, 0.3) is 0 Å². The number of nitro groups is 1. The Morgan fingerprint density at radius 2 is 2.14 bits per heavy atom. The molecule has 0 aliphatic heterocycles. The lowest BCUT2D eigenvalue weighted by molar-refractivity contribution is -0.387. The largest absolute Gasteiger partial charge is 0.305 e. The van der Waals surface area contributed by atoms with Gasteiger partial charge in [-0.15, -0.1) is 0 Å². The number of rotatable bonds is 3. The Bertz CT molecular complexity index is 353. The van der Waals surface area contributed by atoms with Crippen LogP contribution in [-0.4, -0.2) is 23.9 Å². The van der Waals surface area contributed by atoms with Crippen LogP contribution >= 0.6 is 0 Å². The Balaban J connectivity index is 2.94. The highest BCUT2D eigenvalue weighted by Crippen LogP contribution is 2.18. The van der Waals surface area contributed by atoms with Gasteiger partial charge in [-0.05, 0) is 25.7 Å². The lowest BCUT2D eigenvalue weighted by Gasteiger charge is -2.08. The van der Waals surface area contributed by atoms with Crippen LogP contribution in [0.1, 0.15) is 5.56 Å². The molecule has 0 fully saturated rings. The first kappa shape index (κ1) is 10.6. The summed E-state index contributed by atoms with van der Waals surface area (Å²) in [5.74, 6) is -0.783. The summed E-state index contributed by atoms with van der Waals surface area (Å²) in [6.07, 6.45) is 0. The van der Waals surface area contributed by atoms with E-state index in [0.717, 1.165) is 5.56 Å². The van der Waals surface area contributed by atoms with Gasteiger partial charge in [0, 0.05) is 12.6 Å². The van der Waals surface area contributed by atoms with Crippen molar-refractivity contribution in [3.63, 3.8) is 0 Å². The van der Waals surface area contributed by atoms with E-state index in [0.29, 0.717) is 6.54 Å². The fourth-order valence-electron chi connectivity index (χ4n) is 1.16. The maximum absolute atomic E-state index is 13.1. The Morgan fingerprint density at radius 1 is 1.50 bits per heavy atom. The maximum Gasteiger partial charge on any atom is 0.304 e. The molecule has 0 aliphatic carbocycles. The van der Waals surface area contributed by atoms with Crippen molar-refractivity contribution in [2.24, 2.45) is 0 Å². The smallest absolute Gasteiger partial charge is 0.304 e. The van der Waals surface area contributed by atoms with Crippen LogP contribution in [0.15, 0.2) is 18.2 Å². The Labute approximate surface area is 81.1 Å². The van der Waals surface area contributed by atoms with Crippen LogP contribution in [0.25, 0.3) is 0 Å². The molecule has 0 spiro atoms. The fourth-order valence-corrected chi connectivity index (χ4v) is 1.16. The van der Waals surface area contributed by atoms with Gasteiger partial charge in [0.15, 0.2) is 0 Å². The maximum atomic E-state index is 13.1. The summed E-state index contributed by atoms with van der Waals surface area (Å²) in [4.78, 5) is 11.4. The lowest BCUT2D eigenvalue weighted by Crippen LogP contribution is -2.10. The molecular formula is C9H11FN2O2. The predicted octanol–water partition coefficient (Wildman–Crippen LogP) is 1.80. The fraction of sp³-hybridized carbons (Fsp3) is 0.333. The average molecular weight is 198 g/mol. The van der Waals surface area contributed by atoms with Gasteiger partial charge < -0.3 is 4.90 Å². The molecule has 0 aromatic heterocycles. The molecule has 0 radical (unpaired) electrons. The van der Waals surface area contributed by atoms with Gasteiger partial charge in [-0.25, -0.2) is 0 Å². The molecule has 1 aromatic carbocycles. The van der Waals surface area contributed by atoms with Crippen molar-refractivity contribution in [3.8, 4) is 0 Å². The normalized spacial score (nSPS) is 10.6. The zero-order valence-corrected chi connectivity index (χ0v) is 8.03. The molecule has 5 heteroatoms. The summed E-state index contributed by atoms with van der Waals surface area (Å²) in [6, 6.07) is 3.94. The van der Waals surface area contributed by atoms with E-state index in [1.807, 2.05) is 19.0 Å². The van der Waals surface area contributed by atoms with Crippen molar-refractivity contribution >= 4 is 5.69 Å². The molecular weight excluding hydrogens is 187 g/mol. The van der Waals surface area contributed by atoms with Crippen LogP contribution in [-0.2, 0) is 6.54 Å². The molecule has 1 aromatic rings. The topological polar surface area (TPSA) is 46.4 Å². The van der Waals surface area contributed by atoms with Crippen LogP contribution in [0.5, 0.6) is 0 Å². The van der Waals surface area contributed by atoms with E-state index in [1.54, 1.807) is 6.07 Å². The Morgan fingerprint density at radius 3 is 2.57 bits per heavy atom. The standard InChI is InChI=1S/C9H11FN2O2/c1-11(2)6-7-3-4-9(12(13)14)8(10)5-7/h3-5H,6H2,1-2H3. The summed E-state index contributed by atoms with van der Waals surface area (Å²) in [6.45, 7) is 0.564. The molecule has 0 amide bonds. The van der Waals surface area contributed by atoms with Crippen molar-refractivity contribution in [1.82, 2.24) is 4.90 Å². The summed E-state index contributed by atoms with van der Waals surface area (Å²) >= 11 is 0. The molecule has 0 heterocycles. The molecule has 0 atom stereocenters. The highest BCUT2D eigenvalue weighted by atomic mass is 19.1. The minimum atomic E-state index is -0.783. The number of halogens is 1. The second kappa shape index (κ2) is 4.15. The molecule has 0 aliphatic rings. The zero-order valence-electron chi connectivity index (χ0n) is 8.03. The van der Waals surface area contributed by atoms with E-state index < -0.39 is 16.4 Å². The molecule has 0 unspecified atom stereocenters. The van der Waals surface area contributed by atoms with Gasteiger partial charge >= 0.3 is 5.69 Å². The van der Waals surface area contributed by atoms with Crippen molar-refractivity contribution < 1.29 is 9.31 Å². The van der Waals surface area contributed by atoms with Gasteiger partial charge in [0.2, 0.25) is 5.82 Å². The lowest BCUT2D eigenvalue weighted by atomic mass is 10.2. The van der Waals surface area contributed by atoms with Crippen LogP contribution in [0.4, 0.5) is 10.1 Å². The monoisotopic (exact) mass is 198 g/mol.